The number of hydrogen-bond donors (Lipinski definition) is 2. The van der Waals surface area contributed by atoms with E-state index >= 15 is 0 Å². The number of carbonyl (C=O) groups is 2. The van der Waals surface area contributed by atoms with E-state index in [9.17, 15) is 9.59 Å². The van der Waals surface area contributed by atoms with Crippen LogP contribution in [0.3, 0.4) is 0 Å². The molecule has 2 heterocycles. The van der Waals surface area contributed by atoms with Gasteiger partial charge in [0.2, 0.25) is 0 Å². The Hall–Kier alpha value is -3.02. The van der Waals surface area contributed by atoms with Crippen LogP contribution in [0, 0.1) is 0 Å². The van der Waals surface area contributed by atoms with Gasteiger partial charge in [0.05, 0.1) is 5.56 Å². The Labute approximate surface area is 178 Å². The van der Waals surface area contributed by atoms with Crippen LogP contribution in [0.15, 0.2) is 42.5 Å². The molecule has 0 aromatic heterocycles. The van der Waals surface area contributed by atoms with Crippen molar-refractivity contribution in [1.29, 1.82) is 0 Å². The number of amides is 3. The number of hydrogen-bond acceptors (Lipinski definition) is 3. The van der Waals surface area contributed by atoms with Gasteiger partial charge in [-0.3, -0.25) is 4.79 Å². The summed E-state index contributed by atoms with van der Waals surface area (Å²) < 4.78 is 0. The molecule has 0 atom stereocenters. The summed E-state index contributed by atoms with van der Waals surface area (Å²) in [6.45, 7) is 5.65. The van der Waals surface area contributed by atoms with Gasteiger partial charge >= 0.3 is 6.03 Å². The summed E-state index contributed by atoms with van der Waals surface area (Å²) in [5.74, 6) is 0.0640. The molecule has 2 aromatic rings. The fourth-order valence-corrected chi connectivity index (χ4v) is 4.27. The van der Waals surface area contributed by atoms with Crippen LogP contribution in [0.5, 0.6) is 0 Å². The molecule has 0 bridgehead atoms. The highest BCUT2D eigenvalue weighted by atomic mass is 16.2. The molecule has 0 aliphatic carbocycles. The minimum atomic E-state index is -0.309. The first-order chi connectivity index (χ1) is 14.6. The third-order valence-corrected chi connectivity index (χ3v) is 5.92. The van der Waals surface area contributed by atoms with Crippen molar-refractivity contribution < 1.29 is 9.59 Å². The molecule has 6 heteroatoms. The average Bonchev–Trinajstić information content (AvgIpc) is 3.47. The number of nitrogens with zero attached hydrogens (tertiary/aromatic N) is 2. The van der Waals surface area contributed by atoms with Gasteiger partial charge in [0, 0.05) is 43.2 Å². The standard InChI is InChI=1S/C24H30N4O2/c1-2-18-8-7-9-19(16-18)25-24(30)26-20-10-11-22(27-12-3-4-13-27)21(17-20)23(29)28-14-5-6-15-28/h7-11,16-17H,2-6,12-15H2,1H3,(H2,25,26,30). The number of rotatable bonds is 5. The Morgan fingerprint density at radius 3 is 2.23 bits per heavy atom. The summed E-state index contributed by atoms with van der Waals surface area (Å²) in [6.07, 6.45) is 5.33. The topological polar surface area (TPSA) is 64.7 Å². The highest BCUT2D eigenvalue weighted by molar-refractivity contribution is 6.04. The van der Waals surface area contributed by atoms with Crippen LogP contribution in [-0.2, 0) is 6.42 Å². The highest BCUT2D eigenvalue weighted by Gasteiger charge is 2.25. The number of urea groups is 1. The molecule has 0 saturated carbocycles. The summed E-state index contributed by atoms with van der Waals surface area (Å²) in [5.41, 5.74) is 4.22. The van der Waals surface area contributed by atoms with E-state index in [-0.39, 0.29) is 11.9 Å². The van der Waals surface area contributed by atoms with Gasteiger partial charge in [-0.15, -0.1) is 0 Å². The van der Waals surface area contributed by atoms with Crippen LogP contribution < -0.4 is 15.5 Å². The summed E-state index contributed by atoms with van der Waals surface area (Å²) in [5, 5.41) is 5.78. The molecule has 4 rings (SSSR count). The van der Waals surface area contributed by atoms with E-state index in [0.29, 0.717) is 11.3 Å². The van der Waals surface area contributed by atoms with E-state index in [1.165, 1.54) is 5.56 Å². The van der Waals surface area contributed by atoms with Crippen molar-refractivity contribution in [2.24, 2.45) is 0 Å². The van der Waals surface area contributed by atoms with E-state index < -0.39 is 0 Å². The number of benzene rings is 2. The van der Waals surface area contributed by atoms with Gasteiger partial charge in [-0.2, -0.15) is 0 Å². The predicted molar refractivity (Wildman–Crippen MR) is 121 cm³/mol. The minimum absolute atomic E-state index is 0.0640. The summed E-state index contributed by atoms with van der Waals surface area (Å²) >= 11 is 0. The number of nitrogens with one attached hydrogen (secondary N) is 2. The lowest BCUT2D eigenvalue weighted by Gasteiger charge is -2.24. The van der Waals surface area contributed by atoms with Crippen molar-refractivity contribution in [2.75, 3.05) is 41.7 Å². The molecule has 2 N–H and O–H groups in total. The largest absolute Gasteiger partial charge is 0.371 e. The second-order valence-corrected chi connectivity index (χ2v) is 8.06. The zero-order chi connectivity index (χ0) is 20.9. The average molecular weight is 407 g/mol. The molecule has 3 amide bonds. The van der Waals surface area contributed by atoms with E-state index in [1.807, 2.05) is 47.4 Å². The lowest BCUT2D eigenvalue weighted by Crippen LogP contribution is -2.30. The van der Waals surface area contributed by atoms with Crippen molar-refractivity contribution in [3.8, 4) is 0 Å². The molecular weight excluding hydrogens is 376 g/mol. The molecule has 30 heavy (non-hydrogen) atoms. The van der Waals surface area contributed by atoms with Crippen molar-refractivity contribution in [3.05, 3.63) is 53.6 Å². The molecule has 2 aliphatic heterocycles. The quantitative estimate of drug-likeness (QED) is 0.754. The smallest absolute Gasteiger partial charge is 0.323 e. The molecule has 0 unspecified atom stereocenters. The van der Waals surface area contributed by atoms with Gasteiger partial charge in [0.1, 0.15) is 0 Å². The third-order valence-electron chi connectivity index (χ3n) is 5.92. The maximum Gasteiger partial charge on any atom is 0.323 e. The number of carbonyl (C=O) groups excluding carboxylic acids is 2. The molecular formula is C24H30N4O2. The molecule has 0 radical (unpaired) electrons. The van der Waals surface area contributed by atoms with Gasteiger partial charge in [-0.05, 0) is 68.0 Å². The lowest BCUT2D eigenvalue weighted by molar-refractivity contribution is 0.0793. The summed E-state index contributed by atoms with van der Waals surface area (Å²) in [6, 6.07) is 13.2. The molecule has 2 aliphatic rings. The minimum Gasteiger partial charge on any atom is -0.371 e. The monoisotopic (exact) mass is 406 g/mol. The van der Waals surface area contributed by atoms with Crippen LogP contribution >= 0.6 is 0 Å². The number of aryl methyl sites for hydroxylation is 1. The van der Waals surface area contributed by atoms with Crippen LogP contribution in [-0.4, -0.2) is 43.0 Å². The molecule has 2 aromatic carbocycles. The van der Waals surface area contributed by atoms with Crippen molar-refractivity contribution >= 4 is 29.0 Å². The molecule has 158 valence electrons. The van der Waals surface area contributed by atoms with Crippen LogP contribution in [0.2, 0.25) is 0 Å². The lowest BCUT2D eigenvalue weighted by atomic mass is 10.1. The first-order valence-electron chi connectivity index (χ1n) is 11.0. The van der Waals surface area contributed by atoms with Crippen LogP contribution in [0.1, 0.15) is 48.5 Å². The normalized spacial score (nSPS) is 16.0. The van der Waals surface area contributed by atoms with E-state index in [0.717, 1.165) is 69.7 Å². The zero-order valence-corrected chi connectivity index (χ0v) is 17.6. The van der Waals surface area contributed by atoms with Gasteiger partial charge in [0.25, 0.3) is 5.91 Å². The van der Waals surface area contributed by atoms with E-state index in [2.05, 4.69) is 22.5 Å². The van der Waals surface area contributed by atoms with E-state index in [4.69, 9.17) is 0 Å². The first kappa shape index (κ1) is 20.3. The first-order valence-corrected chi connectivity index (χ1v) is 11.0. The maximum absolute atomic E-state index is 13.2. The highest BCUT2D eigenvalue weighted by Crippen LogP contribution is 2.29. The summed E-state index contributed by atoms with van der Waals surface area (Å²) in [4.78, 5) is 29.9. The Kier molecular flexibility index (Phi) is 6.21. The van der Waals surface area contributed by atoms with Crippen molar-refractivity contribution in [1.82, 2.24) is 4.90 Å². The Morgan fingerprint density at radius 2 is 1.53 bits per heavy atom. The Bertz CT molecular complexity index is 915. The molecule has 0 spiro atoms. The molecule has 2 saturated heterocycles. The fourth-order valence-electron chi connectivity index (χ4n) is 4.27. The van der Waals surface area contributed by atoms with E-state index in [1.54, 1.807) is 0 Å². The van der Waals surface area contributed by atoms with Crippen LogP contribution in [0.25, 0.3) is 0 Å². The van der Waals surface area contributed by atoms with Crippen LogP contribution in [0.4, 0.5) is 21.9 Å². The molecule has 6 nitrogen and oxygen atoms in total. The van der Waals surface area contributed by atoms with Gasteiger partial charge in [-0.25, -0.2) is 4.79 Å². The second kappa shape index (κ2) is 9.20. The van der Waals surface area contributed by atoms with Gasteiger partial charge in [0.15, 0.2) is 0 Å². The third kappa shape index (κ3) is 4.58. The zero-order valence-electron chi connectivity index (χ0n) is 17.6. The Balaban J connectivity index is 1.53. The second-order valence-electron chi connectivity index (χ2n) is 8.06. The SMILES string of the molecule is CCc1cccc(NC(=O)Nc2ccc(N3CCCC3)c(C(=O)N3CCCC3)c2)c1. The number of likely N-dealkylation sites (tertiary alicyclic amines) is 1. The Morgan fingerprint density at radius 1 is 0.867 bits per heavy atom. The number of anilines is 3. The van der Waals surface area contributed by atoms with Crippen molar-refractivity contribution in [3.63, 3.8) is 0 Å². The van der Waals surface area contributed by atoms with Gasteiger partial charge in [-0.1, -0.05) is 19.1 Å². The van der Waals surface area contributed by atoms with Gasteiger partial charge < -0.3 is 20.4 Å². The summed E-state index contributed by atoms with van der Waals surface area (Å²) in [7, 11) is 0. The van der Waals surface area contributed by atoms with Crippen molar-refractivity contribution in [2.45, 2.75) is 39.0 Å². The predicted octanol–water partition coefficient (Wildman–Crippen LogP) is 4.73. The maximum atomic E-state index is 13.2. The molecule has 2 fully saturated rings. The fraction of sp³-hybridized carbons (Fsp3) is 0.417.